The van der Waals surface area contributed by atoms with E-state index in [-0.39, 0.29) is 19.8 Å². The van der Waals surface area contributed by atoms with Gasteiger partial charge in [0.25, 0.3) is 0 Å². The van der Waals surface area contributed by atoms with Crippen molar-refractivity contribution in [2.24, 2.45) is 0 Å². The maximum Gasteiger partial charge on any atom is 0.336 e. The van der Waals surface area contributed by atoms with Crippen LogP contribution in [0.4, 0.5) is 0 Å². The number of aryl methyl sites for hydroxylation is 1. The van der Waals surface area contributed by atoms with Gasteiger partial charge >= 0.3 is 13.6 Å². The second-order valence-electron chi connectivity index (χ2n) is 10.4. The fourth-order valence-corrected chi connectivity index (χ4v) is 4.99. The summed E-state index contributed by atoms with van der Waals surface area (Å²) in [4.78, 5) is 29.1. The lowest BCUT2D eigenvalue weighted by atomic mass is 10.00. The molecule has 0 aliphatic heterocycles. The number of esters is 1. The van der Waals surface area contributed by atoms with Gasteiger partial charge in [-0.05, 0) is 24.0 Å². The van der Waals surface area contributed by atoms with Gasteiger partial charge in [-0.15, -0.1) is 0 Å². The van der Waals surface area contributed by atoms with Gasteiger partial charge in [-0.2, -0.15) is 0 Å². The van der Waals surface area contributed by atoms with Crippen LogP contribution in [0.15, 0.2) is 24.3 Å². The number of unbranched alkanes of at least 4 members (excludes halogenated alkanes) is 15. The summed E-state index contributed by atoms with van der Waals surface area (Å²) in [6.45, 7) is 1.93. The normalized spacial score (nSPS) is 12.5. The fourth-order valence-electron chi connectivity index (χ4n) is 4.57. The highest BCUT2D eigenvalue weighted by Crippen LogP contribution is 2.33. The Labute approximate surface area is 230 Å². The third-order valence-corrected chi connectivity index (χ3v) is 7.53. The van der Waals surface area contributed by atoms with E-state index in [9.17, 15) is 14.5 Å². The number of aliphatic hydroxyl groups excluding tert-OH is 1. The molecule has 0 heterocycles. The van der Waals surface area contributed by atoms with Crippen molar-refractivity contribution in [1.82, 2.24) is 0 Å². The van der Waals surface area contributed by atoms with E-state index in [4.69, 9.17) is 19.3 Å². The van der Waals surface area contributed by atoms with Gasteiger partial charge in [0, 0.05) is 0 Å². The monoisotopic (exact) mass is 556 g/mol. The van der Waals surface area contributed by atoms with E-state index < -0.39 is 25.8 Å². The summed E-state index contributed by atoms with van der Waals surface area (Å²) in [6, 6.07) is 8.05. The molecule has 0 aliphatic rings. The van der Waals surface area contributed by atoms with Crippen molar-refractivity contribution >= 4 is 13.6 Å². The Kier molecular flexibility index (Phi) is 20.7. The first-order chi connectivity index (χ1) is 18.4. The summed E-state index contributed by atoms with van der Waals surface area (Å²) in [5.41, 5.74) is 2.25. The molecular weight excluding hydrogens is 503 g/mol. The molecule has 3 N–H and O–H groups in total. The number of benzene rings is 1. The zero-order chi connectivity index (χ0) is 27.9. The fraction of sp³-hybridized carbons (Fsp3) is 0.767. The van der Waals surface area contributed by atoms with Gasteiger partial charge in [0.1, 0.15) is 18.9 Å². The van der Waals surface area contributed by atoms with E-state index >= 15 is 0 Å². The van der Waals surface area contributed by atoms with Crippen molar-refractivity contribution in [3.63, 3.8) is 0 Å². The van der Waals surface area contributed by atoms with E-state index in [2.05, 4.69) is 13.0 Å². The van der Waals surface area contributed by atoms with Gasteiger partial charge in [-0.3, -0.25) is 9.36 Å². The molecule has 0 radical (unpaired) electrons. The Morgan fingerprint density at radius 3 is 1.74 bits per heavy atom. The molecule has 0 aromatic heterocycles. The topological polar surface area (TPSA) is 113 Å². The molecule has 7 nitrogen and oxygen atoms in total. The Morgan fingerprint density at radius 2 is 1.26 bits per heavy atom. The lowest BCUT2D eigenvalue weighted by Gasteiger charge is -2.17. The van der Waals surface area contributed by atoms with Gasteiger partial charge in [0.15, 0.2) is 0 Å². The van der Waals surface area contributed by atoms with E-state index in [1.165, 1.54) is 102 Å². The highest BCUT2D eigenvalue weighted by Gasteiger charge is 2.21. The van der Waals surface area contributed by atoms with Crippen LogP contribution in [-0.4, -0.2) is 46.3 Å². The molecule has 0 fully saturated rings. The number of rotatable bonds is 25. The highest BCUT2D eigenvalue weighted by atomic mass is 31.2. The maximum absolute atomic E-state index is 11.5. The zero-order valence-electron chi connectivity index (χ0n) is 23.7. The van der Waals surface area contributed by atoms with Crippen LogP contribution < -0.4 is 0 Å². The first kappa shape index (κ1) is 34.8. The lowest BCUT2D eigenvalue weighted by molar-refractivity contribution is -0.146. The number of aliphatic hydroxyl groups is 1. The summed E-state index contributed by atoms with van der Waals surface area (Å²) in [5, 5.41) is 9.51. The van der Waals surface area contributed by atoms with Crippen LogP contribution in [0.25, 0.3) is 0 Å². The van der Waals surface area contributed by atoms with Crippen molar-refractivity contribution in [2.75, 3.05) is 19.4 Å². The molecule has 0 unspecified atom stereocenters. The summed E-state index contributed by atoms with van der Waals surface area (Å²) in [6.07, 6.45) is 20.8. The van der Waals surface area contributed by atoms with Crippen molar-refractivity contribution in [2.45, 2.75) is 129 Å². The van der Waals surface area contributed by atoms with E-state index in [1.807, 2.05) is 18.2 Å². The molecule has 0 aliphatic carbocycles. The Hall–Kier alpha value is -1.24. The van der Waals surface area contributed by atoms with Crippen molar-refractivity contribution in [1.29, 1.82) is 0 Å². The van der Waals surface area contributed by atoms with E-state index in [0.29, 0.717) is 0 Å². The third-order valence-electron chi connectivity index (χ3n) is 6.86. The number of hydrogen-bond donors (Lipinski definition) is 3. The van der Waals surface area contributed by atoms with Crippen LogP contribution in [0.1, 0.15) is 121 Å². The molecule has 220 valence electrons. The minimum atomic E-state index is -4.47. The molecule has 1 aromatic carbocycles. The minimum Gasteiger partial charge on any atom is -0.462 e. The summed E-state index contributed by atoms with van der Waals surface area (Å²) < 4.78 is 21.4. The molecule has 0 spiro atoms. The van der Waals surface area contributed by atoms with Crippen LogP contribution in [0.3, 0.4) is 0 Å². The maximum atomic E-state index is 11.5. The molecular formula is C30H53O7P. The first-order valence-corrected chi connectivity index (χ1v) is 16.6. The van der Waals surface area contributed by atoms with Crippen LogP contribution in [0.5, 0.6) is 0 Å². The number of ether oxygens (including phenoxy) is 2. The summed E-state index contributed by atoms with van der Waals surface area (Å²) in [5.74, 6) is -1.01. The predicted octanol–water partition coefficient (Wildman–Crippen LogP) is 7.09. The van der Waals surface area contributed by atoms with Gasteiger partial charge in [-0.25, -0.2) is 0 Å². The zero-order valence-corrected chi connectivity index (χ0v) is 24.6. The number of carbonyl (C=O) groups excluding carboxylic acids is 1. The lowest BCUT2D eigenvalue weighted by Crippen LogP contribution is -2.26. The van der Waals surface area contributed by atoms with Gasteiger partial charge in [0.2, 0.25) is 0 Å². The largest absolute Gasteiger partial charge is 0.462 e. The quantitative estimate of drug-likeness (QED) is 0.0669. The van der Waals surface area contributed by atoms with E-state index in [0.717, 1.165) is 18.4 Å². The molecule has 8 heteroatoms. The van der Waals surface area contributed by atoms with Crippen molar-refractivity contribution < 1.29 is 33.7 Å². The standard InChI is InChI=1S/C30H53O7P/c1-2-3-4-5-6-7-8-9-10-11-12-13-14-15-16-17-20-27-21-18-19-22-28(27)24-36-29(23-31)25-37-30(32)26-38(33,34)35/h18-19,21-22,29,31H,2-17,20,23-26H2,1H3,(H2,33,34,35)/t29-/m0/s1. The molecule has 38 heavy (non-hydrogen) atoms. The van der Waals surface area contributed by atoms with Crippen LogP contribution >= 0.6 is 7.60 Å². The molecule has 1 aromatic rings. The average Bonchev–Trinajstić information content (AvgIpc) is 2.88. The second kappa shape index (κ2) is 22.6. The van der Waals surface area contributed by atoms with Crippen LogP contribution in [0, 0.1) is 0 Å². The highest BCUT2D eigenvalue weighted by molar-refractivity contribution is 7.52. The van der Waals surface area contributed by atoms with Gasteiger partial charge < -0.3 is 24.4 Å². The van der Waals surface area contributed by atoms with Gasteiger partial charge in [0.05, 0.1) is 13.2 Å². The average molecular weight is 557 g/mol. The minimum absolute atomic E-state index is 0.253. The Morgan fingerprint density at radius 1 is 0.789 bits per heavy atom. The third kappa shape index (κ3) is 19.8. The number of hydrogen-bond acceptors (Lipinski definition) is 5. The smallest absolute Gasteiger partial charge is 0.336 e. The summed E-state index contributed by atoms with van der Waals surface area (Å²) in [7, 11) is -4.47. The first-order valence-electron chi connectivity index (χ1n) is 14.8. The molecule has 1 atom stereocenters. The molecule has 0 saturated heterocycles. The predicted molar refractivity (Wildman–Crippen MR) is 153 cm³/mol. The molecule has 0 saturated carbocycles. The second-order valence-corrected chi connectivity index (χ2v) is 12.1. The Balaban J connectivity index is 2.12. The Bertz CT molecular complexity index is 765. The molecule has 1 rings (SSSR count). The molecule has 0 amide bonds. The summed E-state index contributed by atoms with van der Waals surface area (Å²) >= 11 is 0. The van der Waals surface area contributed by atoms with Crippen LogP contribution in [0.2, 0.25) is 0 Å². The van der Waals surface area contributed by atoms with Crippen molar-refractivity contribution in [3.05, 3.63) is 35.4 Å². The SMILES string of the molecule is CCCCCCCCCCCCCCCCCCc1ccccc1CO[C@@H](CO)COC(=O)CP(=O)(O)O. The van der Waals surface area contributed by atoms with E-state index in [1.54, 1.807) is 0 Å². The van der Waals surface area contributed by atoms with Crippen LogP contribution in [-0.2, 0) is 31.9 Å². The van der Waals surface area contributed by atoms with Gasteiger partial charge in [-0.1, -0.05) is 128 Å². The van der Waals surface area contributed by atoms with Crippen molar-refractivity contribution in [3.8, 4) is 0 Å². The number of carbonyl (C=O) groups is 1. The molecule has 0 bridgehead atoms.